The van der Waals surface area contributed by atoms with Crippen molar-refractivity contribution in [1.29, 1.82) is 0 Å². The smallest absolute Gasteiger partial charge is 0.191 e. The van der Waals surface area contributed by atoms with Gasteiger partial charge in [-0.25, -0.2) is 8.78 Å². The Morgan fingerprint density at radius 1 is 1.24 bits per heavy atom. The highest BCUT2D eigenvalue weighted by atomic mass is 19.2. The standard InChI is InChI=1S/C22H34F2N4O/c1-25-21(27-16-22(10-12-29-2)8-3-4-9-22)26-14-17-7-11-28(15-17)18-5-6-19(23)20(24)13-18/h5-6,13,17H,3-4,7-12,14-16H2,1-2H3,(H2,25,26,27). The number of methoxy groups -OCH3 is 1. The lowest BCUT2D eigenvalue weighted by Crippen LogP contribution is -2.45. The first kappa shape index (κ1) is 21.8. The zero-order valence-electron chi connectivity index (χ0n) is 17.6. The van der Waals surface area contributed by atoms with E-state index in [4.69, 9.17) is 4.74 Å². The van der Waals surface area contributed by atoms with Crippen LogP contribution in [0.25, 0.3) is 0 Å². The highest BCUT2D eigenvalue weighted by Gasteiger charge is 2.33. The predicted octanol–water partition coefficient (Wildman–Crippen LogP) is 3.55. The quantitative estimate of drug-likeness (QED) is 0.510. The third-order valence-electron chi connectivity index (χ3n) is 6.47. The average molecular weight is 409 g/mol. The molecule has 1 aromatic rings. The average Bonchev–Trinajstić information content (AvgIpc) is 3.39. The molecule has 1 unspecified atom stereocenters. The molecule has 3 rings (SSSR count). The molecule has 5 nitrogen and oxygen atoms in total. The highest BCUT2D eigenvalue weighted by molar-refractivity contribution is 5.79. The van der Waals surface area contributed by atoms with Crippen LogP contribution in [0.15, 0.2) is 23.2 Å². The first-order chi connectivity index (χ1) is 14.0. The lowest BCUT2D eigenvalue weighted by Gasteiger charge is -2.30. The van der Waals surface area contributed by atoms with Crippen LogP contribution in [-0.4, -0.2) is 52.9 Å². The molecule has 0 bridgehead atoms. The second kappa shape index (κ2) is 10.2. The van der Waals surface area contributed by atoms with Gasteiger partial charge >= 0.3 is 0 Å². The lowest BCUT2D eigenvalue weighted by atomic mass is 9.83. The molecule has 2 fully saturated rings. The van der Waals surface area contributed by atoms with E-state index in [0.717, 1.165) is 57.3 Å². The van der Waals surface area contributed by atoms with Crippen LogP contribution >= 0.6 is 0 Å². The van der Waals surface area contributed by atoms with Crippen LogP contribution in [0.3, 0.4) is 0 Å². The normalized spacial score (nSPS) is 21.6. The van der Waals surface area contributed by atoms with Crippen molar-refractivity contribution in [2.24, 2.45) is 16.3 Å². The maximum Gasteiger partial charge on any atom is 0.191 e. The van der Waals surface area contributed by atoms with Crippen molar-refractivity contribution in [3.8, 4) is 0 Å². The summed E-state index contributed by atoms with van der Waals surface area (Å²) in [6.45, 7) is 4.21. The van der Waals surface area contributed by atoms with E-state index in [9.17, 15) is 8.78 Å². The van der Waals surface area contributed by atoms with Gasteiger partial charge in [0.15, 0.2) is 17.6 Å². The van der Waals surface area contributed by atoms with E-state index < -0.39 is 11.6 Å². The number of halogens is 2. The van der Waals surface area contributed by atoms with Crippen LogP contribution in [0.4, 0.5) is 14.5 Å². The third-order valence-corrected chi connectivity index (χ3v) is 6.47. The van der Waals surface area contributed by atoms with E-state index in [-0.39, 0.29) is 0 Å². The van der Waals surface area contributed by atoms with Gasteiger partial charge in [0.05, 0.1) is 0 Å². The van der Waals surface area contributed by atoms with E-state index in [1.807, 2.05) is 0 Å². The van der Waals surface area contributed by atoms with Gasteiger partial charge in [0.1, 0.15) is 0 Å². The van der Waals surface area contributed by atoms with Crippen molar-refractivity contribution in [1.82, 2.24) is 10.6 Å². The van der Waals surface area contributed by atoms with Gasteiger partial charge in [-0.05, 0) is 49.1 Å². The summed E-state index contributed by atoms with van der Waals surface area (Å²) in [7, 11) is 3.57. The zero-order valence-corrected chi connectivity index (χ0v) is 17.6. The van der Waals surface area contributed by atoms with Gasteiger partial charge in [-0.1, -0.05) is 12.8 Å². The molecular weight excluding hydrogens is 374 g/mol. The van der Waals surface area contributed by atoms with Crippen LogP contribution in [-0.2, 0) is 4.74 Å². The number of nitrogens with zero attached hydrogens (tertiary/aromatic N) is 2. The molecule has 0 amide bonds. The molecule has 1 atom stereocenters. The molecule has 1 saturated carbocycles. The summed E-state index contributed by atoms with van der Waals surface area (Å²) in [6.07, 6.45) is 7.16. The number of aliphatic imine (C=N–C) groups is 1. The summed E-state index contributed by atoms with van der Waals surface area (Å²) in [4.78, 5) is 6.49. The maximum atomic E-state index is 13.5. The van der Waals surface area contributed by atoms with Crippen LogP contribution in [0.2, 0.25) is 0 Å². The van der Waals surface area contributed by atoms with E-state index in [1.54, 1.807) is 20.2 Å². The summed E-state index contributed by atoms with van der Waals surface area (Å²) in [5, 5.41) is 6.97. The summed E-state index contributed by atoms with van der Waals surface area (Å²) in [6, 6.07) is 4.13. The van der Waals surface area contributed by atoms with Gasteiger partial charge in [0.25, 0.3) is 0 Å². The molecule has 29 heavy (non-hydrogen) atoms. The molecule has 2 N–H and O–H groups in total. The molecule has 7 heteroatoms. The third kappa shape index (κ3) is 5.81. The molecule has 1 aliphatic heterocycles. The van der Waals surface area contributed by atoms with E-state index in [2.05, 4.69) is 20.5 Å². The number of ether oxygens (including phenoxy) is 1. The first-order valence-electron chi connectivity index (χ1n) is 10.7. The van der Waals surface area contributed by atoms with E-state index in [1.165, 1.54) is 37.8 Å². The molecule has 1 heterocycles. The Hall–Kier alpha value is -1.89. The fourth-order valence-corrected chi connectivity index (χ4v) is 4.61. The van der Waals surface area contributed by atoms with Crippen LogP contribution in [0, 0.1) is 23.0 Å². The molecule has 0 aromatic heterocycles. The fourth-order valence-electron chi connectivity index (χ4n) is 4.61. The van der Waals surface area contributed by atoms with Crippen molar-refractivity contribution < 1.29 is 13.5 Å². The Bertz CT molecular complexity index is 691. The first-order valence-corrected chi connectivity index (χ1v) is 10.7. The molecule has 1 aliphatic carbocycles. The number of hydrogen-bond donors (Lipinski definition) is 2. The number of guanidine groups is 1. The Morgan fingerprint density at radius 2 is 2.03 bits per heavy atom. The number of nitrogens with one attached hydrogen (secondary N) is 2. The highest BCUT2D eigenvalue weighted by Crippen LogP contribution is 2.40. The topological polar surface area (TPSA) is 48.9 Å². The molecule has 162 valence electrons. The van der Waals surface area contributed by atoms with Gasteiger partial charge in [-0.2, -0.15) is 0 Å². The molecular formula is C22H34F2N4O. The molecule has 0 spiro atoms. The predicted molar refractivity (Wildman–Crippen MR) is 113 cm³/mol. The Kier molecular flexibility index (Phi) is 7.70. The summed E-state index contributed by atoms with van der Waals surface area (Å²) < 4.78 is 32.0. The van der Waals surface area contributed by atoms with Gasteiger partial charge in [0, 0.05) is 58.7 Å². The van der Waals surface area contributed by atoms with Crippen molar-refractivity contribution in [2.75, 3.05) is 51.8 Å². The van der Waals surface area contributed by atoms with Crippen LogP contribution in [0.5, 0.6) is 0 Å². The van der Waals surface area contributed by atoms with Crippen molar-refractivity contribution in [3.63, 3.8) is 0 Å². The summed E-state index contributed by atoms with van der Waals surface area (Å²) in [5.41, 5.74) is 1.06. The van der Waals surface area contributed by atoms with Gasteiger partial charge in [0.2, 0.25) is 0 Å². The van der Waals surface area contributed by atoms with Gasteiger partial charge < -0.3 is 20.3 Å². The fraction of sp³-hybridized carbons (Fsp3) is 0.682. The lowest BCUT2D eigenvalue weighted by molar-refractivity contribution is 0.138. The molecule has 0 radical (unpaired) electrons. The number of hydrogen-bond acceptors (Lipinski definition) is 3. The summed E-state index contributed by atoms with van der Waals surface area (Å²) >= 11 is 0. The maximum absolute atomic E-state index is 13.5. The van der Waals surface area contributed by atoms with Crippen molar-refractivity contribution in [2.45, 2.75) is 38.5 Å². The largest absolute Gasteiger partial charge is 0.385 e. The number of benzene rings is 1. The second-order valence-corrected chi connectivity index (χ2v) is 8.46. The molecule has 2 aliphatic rings. The van der Waals surface area contributed by atoms with Crippen LogP contribution in [0.1, 0.15) is 38.5 Å². The zero-order chi connectivity index (χ0) is 20.7. The second-order valence-electron chi connectivity index (χ2n) is 8.46. The Balaban J connectivity index is 1.45. The minimum Gasteiger partial charge on any atom is -0.385 e. The van der Waals surface area contributed by atoms with Crippen molar-refractivity contribution >= 4 is 11.6 Å². The van der Waals surface area contributed by atoms with E-state index >= 15 is 0 Å². The minimum atomic E-state index is -0.799. The van der Waals surface area contributed by atoms with Crippen LogP contribution < -0.4 is 15.5 Å². The minimum absolute atomic E-state index is 0.310. The number of anilines is 1. The Labute approximate surface area is 172 Å². The monoisotopic (exact) mass is 408 g/mol. The SMILES string of the molecule is CN=C(NCC1CCN(c2ccc(F)c(F)c2)C1)NCC1(CCOC)CCCC1. The summed E-state index contributed by atoms with van der Waals surface area (Å²) in [5.74, 6) is -0.315. The molecule has 1 saturated heterocycles. The van der Waals surface area contributed by atoms with Crippen molar-refractivity contribution in [3.05, 3.63) is 29.8 Å². The van der Waals surface area contributed by atoms with E-state index in [0.29, 0.717) is 11.3 Å². The number of rotatable bonds is 8. The molecule has 1 aromatic carbocycles. The Morgan fingerprint density at radius 3 is 2.72 bits per heavy atom. The van der Waals surface area contributed by atoms with Gasteiger partial charge in [-0.3, -0.25) is 4.99 Å². The van der Waals surface area contributed by atoms with Gasteiger partial charge in [-0.15, -0.1) is 0 Å².